The molecule has 2 aromatic heterocycles. The number of hydrogen-bond donors (Lipinski definition) is 1. The first kappa shape index (κ1) is 19.5. The lowest BCUT2D eigenvalue weighted by atomic mass is 10.2. The Morgan fingerprint density at radius 3 is 2.45 bits per heavy atom. The van der Waals surface area contributed by atoms with Gasteiger partial charge in [-0.15, -0.1) is 11.3 Å². The van der Waals surface area contributed by atoms with Crippen LogP contribution in [0.1, 0.15) is 5.82 Å². The van der Waals surface area contributed by atoms with E-state index >= 15 is 0 Å². The summed E-state index contributed by atoms with van der Waals surface area (Å²) in [7, 11) is 0. The summed E-state index contributed by atoms with van der Waals surface area (Å²) < 4.78 is 1.66. The molecule has 0 saturated carbocycles. The zero-order chi connectivity index (χ0) is 21.2. The third kappa shape index (κ3) is 3.95. The number of thiazole rings is 1. The van der Waals surface area contributed by atoms with Crippen molar-refractivity contribution in [2.24, 2.45) is 0 Å². The van der Waals surface area contributed by atoms with Crippen LogP contribution in [0.5, 0.6) is 0 Å². The van der Waals surface area contributed by atoms with Gasteiger partial charge < -0.3 is 5.32 Å². The second-order valence-corrected chi connectivity index (χ2v) is 8.21. The summed E-state index contributed by atoms with van der Waals surface area (Å²) in [5.41, 5.74) is 3.24. The molecule has 0 saturated heterocycles. The van der Waals surface area contributed by atoms with Gasteiger partial charge in [0.25, 0.3) is 5.56 Å². The van der Waals surface area contributed by atoms with Gasteiger partial charge in [-0.25, -0.2) is 9.97 Å². The maximum atomic E-state index is 13.2. The zero-order valence-electron chi connectivity index (χ0n) is 16.3. The van der Waals surface area contributed by atoms with Crippen molar-refractivity contribution in [1.29, 1.82) is 0 Å². The third-order valence-electron chi connectivity index (χ3n) is 4.90. The highest BCUT2D eigenvalue weighted by Gasteiger charge is 2.13. The zero-order valence-corrected chi connectivity index (χ0v) is 17.9. The number of benzene rings is 3. The van der Waals surface area contributed by atoms with Gasteiger partial charge in [0.1, 0.15) is 5.82 Å². The van der Waals surface area contributed by atoms with Crippen molar-refractivity contribution in [2.75, 3.05) is 5.32 Å². The van der Waals surface area contributed by atoms with Crippen molar-refractivity contribution in [3.8, 4) is 16.9 Å². The molecule has 152 valence electrons. The van der Waals surface area contributed by atoms with Gasteiger partial charge in [-0.2, -0.15) is 0 Å². The van der Waals surface area contributed by atoms with Crippen molar-refractivity contribution in [3.05, 3.63) is 105 Å². The van der Waals surface area contributed by atoms with E-state index in [1.54, 1.807) is 10.6 Å². The molecule has 5 nitrogen and oxygen atoms in total. The number of fused-ring (bicyclic) bond motifs is 1. The van der Waals surface area contributed by atoms with Gasteiger partial charge in [-0.05, 0) is 36.4 Å². The van der Waals surface area contributed by atoms with Gasteiger partial charge in [0.15, 0.2) is 5.13 Å². The Kier molecular flexibility index (Phi) is 5.24. The minimum atomic E-state index is -0.0883. The number of para-hydroxylation sites is 2. The lowest BCUT2D eigenvalue weighted by molar-refractivity contribution is 0.838. The molecule has 0 aliphatic rings. The fourth-order valence-electron chi connectivity index (χ4n) is 3.40. The third-order valence-corrected chi connectivity index (χ3v) is 5.95. The van der Waals surface area contributed by atoms with E-state index in [-0.39, 0.29) is 5.56 Å². The molecule has 31 heavy (non-hydrogen) atoms. The van der Waals surface area contributed by atoms with Crippen LogP contribution in [-0.4, -0.2) is 14.5 Å². The van der Waals surface area contributed by atoms with E-state index in [2.05, 4.69) is 10.3 Å². The highest BCUT2D eigenvalue weighted by molar-refractivity contribution is 7.14. The first-order chi connectivity index (χ1) is 15.2. The summed E-state index contributed by atoms with van der Waals surface area (Å²) in [6, 6.07) is 24.5. The Hall–Kier alpha value is -3.48. The van der Waals surface area contributed by atoms with E-state index in [4.69, 9.17) is 16.6 Å². The number of aromatic nitrogens is 3. The maximum absolute atomic E-state index is 13.2. The Labute approximate surface area is 187 Å². The predicted molar refractivity (Wildman–Crippen MR) is 127 cm³/mol. The molecule has 0 unspecified atom stereocenters. The van der Waals surface area contributed by atoms with Crippen LogP contribution in [0.3, 0.4) is 0 Å². The highest BCUT2D eigenvalue weighted by Crippen LogP contribution is 2.26. The van der Waals surface area contributed by atoms with E-state index in [1.165, 1.54) is 11.3 Å². The molecule has 1 N–H and O–H groups in total. The van der Waals surface area contributed by atoms with E-state index in [9.17, 15) is 4.79 Å². The van der Waals surface area contributed by atoms with Crippen molar-refractivity contribution in [2.45, 2.75) is 6.54 Å². The van der Waals surface area contributed by atoms with Crippen molar-refractivity contribution < 1.29 is 0 Å². The number of nitrogens with one attached hydrogen (secondary N) is 1. The van der Waals surface area contributed by atoms with Gasteiger partial charge in [0.05, 0.1) is 28.8 Å². The van der Waals surface area contributed by atoms with Crippen molar-refractivity contribution >= 4 is 39.0 Å². The molecule has 0 atom stereocenters. The van der Waals surface area contributed by atoms with E-state index in [0.29, 0.717) is 28.3 Å². The molecule has 0 aliphatic heterocycles. The molecular weight excluding hydrogens is 428 g/mol. The predicted octanol–water partition coefficient (Wildman–Crippen LogP) is 5.77. The summed E-state index contributed by atoms with van der Waals surface area (Å²) in [5.74, 6) is 0.623. The minimum absolute atomic E-state index is 0.0883. The van der Waals surface area contributed by atoms with Crippen LogP contribution < -0.4 is 10.9 Å². The second-order valence-electron chi connectivity index (χ2n) is 6.92. The summed E-state index contributed by atoms with van der Waals surface area (Å²) in [4.78, 5) is 22.7. The average molecular weight is 445 g/mol. The van der Waals surface area contributed by atoms with Gasteiger partial charge in [0, 0.05) is 16.0 Å². The van der Waals surface area contributed by atoms with Crippen LogP contribution in [0.25, 0.3) is 27.8 Å². The fourth-order valence-corrected chi connectivity index (χ4v) is 4.25. The van der Waals surface area contributed by atoms with Crippen LogP contribution in [0, 0.1) is 0 Å². The lowest BCUT2D eigenvalue weighted by Gasteiger charge is -2.14. The average Bonchev–Trinajstić information content (AvgIpc) is 3.28. The largest absolute Gasteiger partial charge is 0.354 e. The van der Waals surface area contributed by atoms with Crippen LogP contribution in [0.15, 0.2) is 89.0 Å². The molecule has 7 heteroatoms. The highest BCUT2D eigenvalue weighted by atomic mass is 35.5. The number of nitrogens with zero attached hydrogens (tertiary/aromatic N) is 3. The van der Waals surface area contributed by atoms with Crippen LogP contribution >= 0.6 is 22.9 Å². The monoisotopic (exact) mass is 444 g/mol. The second kappa shape index (κ2) is 8.34. The van der Waals surface area contributed by atoms with Gasteiger partial charge >= 0.3 is 0 Å². The molecular formula is C24H17ClN4OS. The number of hydrogen-bond acceptors (Lipinski definition) is 5. The number of rotatable bonds is 5. The van der Waals surface area contributed by atoms with E-state index in [1.807, 2.05) is 78.2 Å². The molecule has 0 aliphatic carbocycles. The van der Waals surface area contributed by atoms with Crippen molar-refractivity contribution in [1.82, 2.24) is 14.5 Å². The molecule has 5 rings (SSSR count). The Morgan fingerprint density at radius 1 is 0.903 bits per heavy atom. The Bertz CT molecular complexity index is 1410. The first-order valence-electron chi connectivity index (χ1n) is 9.70. The van der Waals surface area contributed by atoms with Gasteiger partial charge in [-0.1, -0.05) is 54.1 Å². The number of halogens is 1. The molecule has 0 spiro atoms. The van der Waals surface area contributed by atoms with Gasteiger partial charge in [-0.3, -0.25) is 9.36 Å². The SMILES string of the molecule is O=c1c2ccccc2nc(CNc2nc(-c3ccc(Cl)cc3)cs2)n1-c1ccccc1. The summed E-state index contributed by atoms with van der Waals surface area (Å²) in [5, 5.41) is 7.36. The lowest BCUT2D eigenvalue weighted by Crippen LogP contribution is -2.25. The van der Waals surface area contributed by atoms with Gasteiger partial charge in [0.2, 0.25) is 0 Å². The van der Waals surface area contributed by atoms with Crippen LogP contribution in [0.4, 0.5) is 5.13 Å². The number of anilines is 1. The summed E-state index contributed by atoms with van der Waals surface area (Å²) in [6.07, 6.45) is 0. The van der Waals surface area contributed by atoms with Crippen molar-refractivity contribution in [3.63, 3.8) is 0 Å². The normalized spacial score (nSPS) is 11.0. The Morgan fingerprint density at radius 2 is 1.65 bits per heavy atom. The molecule has 0 amide bonds. The standard InChI is InChI=1S/C24H17ClN4OS/c25-17-12-10-16(11-13-17)21-15-31-24(28-21)26-14-22-27-20-9-5-4-8-19(20)23(30)29(22)18-6-2-1-3-7-18/h1-13,15H,14H2,(H,26,28). The first-order valence-corrected chi connectivity index (χ1v) is 11.0. The summed E-state index contributed by atoms with van der Waals surface area (Å²) in [6.45, 7) is 0.364. The molecule has 0 bridgehead atoms. The molecule has 0 fully saturated rings. The van der Waals surface area contributed by atoms with E-state index < -0.39 is 0 Å². The fraction of sp³-hybridized carbons (Fsp3) is 0.0417. The van der Waals surface area contributed by atoms with Crippen LogP contribution in [0.2, 0.25) is 5.02 Å². The molecule has 0 radical (unpaired) electrons. The smallest absolute Gasteiger partial charge is 0.266 e. The molecule has 2 heterocycles. The quantitative estimate of drug-likeness (QED) is 0.373. The minimum Gasteiger partial charge on any atom is -0.354 e. The van der Waals surface area contributed by atoms with Crippen LogP contribution in [-0.2, 0) is 6.54 Å². The van der Waals surface area contributed by atoms with E-state index in [0.717, 1.165) is 22.1 Å². The summed E-state index contributed by atoms with van der Waals surface area (Å²) >= 11 is 7.48. The topological polar surface area (TPSA) is 59.8 Å². The molecule has 5 aromatic rings. The molecule has 3 aromatic carbocycles. The maximum Gasteiger partial charge on any atom is 0.266 e. The Balaban J connectivity index is 1.49.